The van der Waals surface area contributed by atoms with Crippen molar-refractivity contribution in [2.75, 3.05) is 5.32 Å². The van der Waals surface area contributed by atoms with Gasteiger partial charge in [0.25, 0.3) is 0 Å². The molecule has 1 amide bonds. The number of carbonyl (C=O) groups is 2. The first-order chi connectivity index (χ1) is 10.1. The maximum atomic E-state index is 12.1. The number of nitrogens with zero attached hydrogens (tertiary/aromatic N) is 1. The monoisotopic (exact) mass is 299 g/mol. The summed E-state index contributed by atoms with van der Waals surface area (Å²) >= 11 is 1.25. The molecule has 0 aliphatic carbocycles. The summed E-state index contributed by atoms with van der Waals surface area (Å²) in [6.45, 7) is 1.45. The Balaban J connectivity index is 1.72. The first-order valence-corrected chi connectivity index (χ1v) is 7.33. The molecule has 2 heterocycles. The number of rotatable bonds is 4. The van der Waals surface area contributed by atoms with E-state index in [9.17, 15) is 9.59 Å². The zero-order valence-corrected chi connectivity index (χ0v) is 12.2. The fourth-order valence-corrected chi connectivity index (χ4v) is 2.87. The van der Waals surface area contributed by atoms with E-state index in [-0.39, 0.29) is 18.1 Å². The van der Waals surface area contributed by atoms with Crippen LogP contribution >= 0.6 is 11.3 Å². The summed E-state index contributed by atoms with van der Waals surface area (Å²) in [5.74, 6) is -0.257. The van der Waals surface area contributed by atoms with Gasteiger partial charge in [0, 0.05) is 29.4 Å². The number of carbonyl (C=O) groups excluding carboxylic acids is 2. The van der Waals surface area contributed by atoms with Crippen molar-refractivity contribution in [1.82, 2.24) is 9.97 Å². The van der Waals surface area contributed by atoms with Crippen LogP contribution in [0.2, 0.25) is 0 Å². The molecule has 6 heteroatoms. The predicted molar refractivity (Wildman–Crippen MR) is 82.8 cm³/mol. The van der Waals surface area contributed by atoms with Gasteiger partial charge in [-0.25, -0.2) is 4.98 Å². The zero-order valence-electron chi connectivity index (χ0n) is 11.3. The van der Waals surface area contributed by atoms with Crippen LogP contribution in [0.4, 0.5) is 5.13 Å². The van der Waals surface area contributed by atoms with Gasteiger partial charge in [-0.2, -0.15) is 0 Å². The molecule has 3 aromatic rings. The van der Waals surface area contributed by atoms with Crippen LogP contribution in [0.1, 0.15) is 23.0 Å². The number of fused-ring (bicyclic) bond motifs is 1. The molecule has 0 unspecified atom stereocenters. The Morgan fingerprint density at radius 2 is 2.14 bits per heavy atom. The molecule has 0 radical (unpaired) electrons. The van der Waals surface area contributed by atoms with Gasteiger partial charge in [-0.3, -0.25) is 9.59 Å². The van der Waals surface area contributed by atoms with Crippen molar-refractivity contribution in [2.45, 2.75) is 13.3 Å². The van der Waals surface area contributed by atoms with E-state index in [2.05, 4.69) is 15.3 Å². The van der Waals surface area contributed by atoms with Gasteiger partial charge in [0.05, 0.1) is 6.42 Å². The molecule has 2 aromatic heterocycles. The normalized spacial score (nSPS) is 10.7. The minimum absolute atomic E-state index is 0.108. The van der Waals surface area contributed by atoms with Crippen molar-refractivity contribution in [2.24, 2.45) is 0 Å². The molecule has 1 aromatic carbocycles. The number of hydrogen-bond donors (Lipinski definition) is 2. The number of amides is 1. The summed E-state index contributed by atoms with van der Waals surface area (Å²) in [6, 6.07) is 7.83. The number of thiazole rings is 1. The number of aromatic amines is 1. The lowest BCUT2D eigenvalue weighted by molar-refractivity contribution is -0.115. The highest BCUT2D eigenvalue weighted by molar-refractivity contribution is 7.14. The zero-order chi connectivity index (χ0) is 14.8. The van der Waals surface area contributed by atoms with E-state index >= 15 is 0 Å². The van der Waals surface area contributed by atoms with E-state index in [0.29, 0.717) is 10.8 Å². The number of para-hydroxylation sites is 1. The van der Waals surface area contributed by atoms with Crippen LogP contribution in [0.25, 0.3) is 10.9 Å². The van der Waals surface area contributed by atoms with Crippen molar-refractivity contribution < 1.29 is 9.59 Å². The lowest BCUT2D eigenvalue weighted by Crippen LogP contribution is -2.14. The number of ketones is 1. The summed E-state index contributed by atoms with van der Waals surface area (Å²) < 4.78 is 0. The average Bonchev–Trinajstić information content (AvgIpc) is 3.07. The fraction of sp³-hybridized carbons (Fsp3) is 0.133. The minimum Gasteiger partial charge on any atom is -0.361 e. The Kier molecular flexibility index (Phi) is 3.53. The third kappa shape index (κ3) is 2.85. The number of aromatic nitrogens is 2. The molecular weight excluding hydrogens is 286 g/mol. The standard InChI is InChI=1S/C15H13N3O2S/c1-9(19)13-8-21-15(17-13)18-14(20)6-10-7-16-12-5-3-2-4-11(10)12/h2-5,7-8,16H,6H2,1H3,(H,17,18,20). The van der Waals surface area contributed by atoms with Crippen LogP contribution in [0.5, 0.6) is 0 Å². The molecule has 21 heavy (non-hydrogen) atoms. The SMILES string of the molecule is CC(=O)c1csc(NC(=O)Cc2c[nH]c3ccccc23)n1. The molecule has 0 fully saturated rings. The van der Waals surface area contributed by atoms with Gasteiger partial charge in [-0.15, -0.1) is 11.3 Å². The molecular formula is C15H13N3O2S. The number of H-pyrrole nitrogens is 1. The number of Topliss-reactive ketones (excluding diaryl/α,β-unsaturated/α-hetero) is 1. The van der Waals surface area contributed by atoms with Gasteiger partial charge in [0.15, 0.2) is 10.9 Å². The van der Waals surface area contributed by atoms with Crippen LogP contribution in [0.3, 0.4) is 0 Å². The first kappa shape index (κ1) is 13.5. The Hall–Kier alpha value is -2.47. The van der Waals surface area contributed by atoms with Crippen LogP contribution in [-0.2, 0) is 11.2 Å². The van der Waals surface area contributed by atoms with Crippen LogP contribution < -0.4 is 5.32 Å². The Labute approximate surface area is 125 Å². The Morgan fingerprint density at radius 3 is 2.90 bits per heavy atom. The molecule has 0 saturated carbocycles. The van der Waals surface area contributed by atoms with E-state index in [4.69, 9.17) is 0 Å². The number of benzene rings is 1. The van der Waals surface area contributed by atoms with Gasteiger partial charge in [0.1, 0.15) is 5.69 Å². The van der Waals surface area contributed by atoms with Crippen LogP contribution in [0.15, 0.2) is 35.8 Å². The summed E-state index contributed by atoms with van der Waals surface area (Å²) in [5.41, 5.74) is 2.32. The minimum atomic E-state index is -0.149. The lowest BCUT2D eigenvalue weighted by atomic mass is 10.1. The van der Waals surface area contributed by atoms with Gasteiger partial charge in [0.2, 0.25) is 5.91 Å². The van der Waals surface area contributed by atoms with E-state index < -0.39 is 0 Å². The lowest BCUT2D eigenvalue weighted by Gasteiger charge is -2.00. The number of hydrogen-bond acceptors (Lipinski definition) is 4. The largest absolute Gasteiger partial charge is 0.361 e. The third-order valence-corrected chi connectivity index (χ3v) is 3.89. The summed E-state index contributed by atoms with van der Waals surface area (Å²) in [6.07, 6.45) is 2.10. The maximum Gasteiger partial charge on any atom is 0.230 e. The molecule has 106 valence electrons. The second-order valence-corrected chi connectivity index (χ2v) is 5.54. The molecule has 2 N–H and O–H groups in total. The van der Waals surface area contributed by atoms with E-state index in [1.165, 1.54) is 18.3 Å². The highest BCUT2D eigenvalue weighted by Crippen LogP contribution is 2.20. The molecule has 3 rings (SSSR count). The highest BCUT2D eigenvalue weighted by atomic mass is 32.1. The Bertz CT molecular complexity index is 819. The summed E-state index contributed by atoms with van der Waals surface area (Å²) in [7, 11) is 0. The molecule has 0 atom stereocenters. The highest BCUT2D eigenvalue weighted by Gasteiger charge is 2.11. The van der Waals surface area contributed by atoms with Gasteiger partial charge in [-0.1, -0.05) is 18.2 Å². The van der Waals surface area contributed by atoms with Crippen molar-refractivity contribution in [1.29, 1.82) is 0 Å². The van der Waals surface area contributed by atoms with Gasteiger partial charge in [-0.05, 0) is 11.6 Å². The average molecular weight is 299 g/mol. The third-order valence-electron chi connectivity index (χ3n) is 3.14. The van der Waals surface area contributed by atoms with Crippen molar-refractivity contribution in [3.05, 3.63) is 47.1 Å². The van der Waals surface area contributed by atoms with Crippen molar-refractivity contribution in [3.8, 4) is 0 Å². The second kappa shape index (κ2) is 5.49. The number of nitrogens with one attached hydrogen (secondary N) is 2. The van der Waals surface area contributed by atoms with Gasteiger partial charge < -0.3 is 10.3 Å². The van der Waals surface area contributed by atoms with Crippen LogP contribution in [0, 0.1) is 0 Å². The van der Waals surface area contributed by atoms with E-state index in [1.807, 2.05) is 30.5 Å². The fourth-order valence-electron chi connectivity index (χ4n) is 2.11. The molecule has 0 aliphatic heterocycles. The second-order valence-electron chi connectivity index (χ2n) is 4.68. The quantitative estimate of drug-likeness (QED) is 0.727. The van der Waals surface area contributed by atoms with Gasteiger partial charge >= 0.3 is 0 Å². The topological polar surface area (TPSA) is 74.8 Å². The molecule has 0 aliphatic rings. The van der Waals surface area contributed by atoms with E-state index in [0.717, 1.165) is 16.5 Å². The maximum absolute atomic E-state index is 12.1. The summed E-state index contributed by atoms with van der Waals surface area (Å²) in [4.78, 5) is 30.4. The Morgan fingerprint density at radius 1 is 1.33 bits per heavy atom. The van der Waals surface area contributed by atoms with Crippen LogP contribution in [-0.4, -0.2) is 21.7 Å². The number of anilines is 1. The molecule has 0 bridgehead atoms. The molecule has 0 spiro atoms. The summed E-state index contributed by atoms with van der Waals surface area (Å²) in [5, 5.41) is 5.85. The first-order valence-electron chi connectivity index (χ1n) is 6.45. The molecule has 0 saturated heterocycles. The van der Waals surface area contributed by atoms with E-state index in [1.54, 1.807) is 5.38 Å². The van der Waals surface area contributed by atoms with Crippen molar-refractivity contribution >= 4 is 39.1 Å². The predicted octanol–water partition coefficient (Wildman–Crippen LogP) is 3.01. The van der Waals surface area contributed by atoms with Crippen molar-refractivity contribution in [3.63, 3.8) is 0 Å². The smallest absolute Gasteiger partial charge is 0.230 e. The molecule has 5 nitrogen and oxygen atoms in total.